The van der Waals surface area contributed by atoms with Crippen LogP contribution in [0.2, 0.25) is 10.0 Å². The van der Waals surface area contributed by atoms with Gasteiger partial charge in [-0.3, -0.25) is 14.6 Å². The normalized spacial score (nSPS) is 11.7. The second-order valence-corrected chi connectivity index (χ2v) is 10.2. The van der Waals surface area contributed by atoms with E-state index in [1.54, 1.807) is 41.3 Å². The van der Waals surface area contributed by atoms with Gasteiger partial charge in [0.2, 0.25) is 5.91 Å². The van der Waals surface area contributed by atoms with Gasteiger partial charge < -0.3 is 11.1 Å². The number of pyridine rings is 1. The Morgan fingerprint density at radius 2 is 1.68 bits per heavy atom. The molecule has 0 fully saturated rings. The number of nitrogens with zero attached hydrogens (tertiary/aromatic N) is 3. The number of carbonyl (C=O) groups excluding carboxylic acids is 2. The Hall–Kier alpha value is -4.46. The second-order valence-electron chi connectivity index (χ2n) is 9.35. The predicted octanol–water partition coefficient (Wildman–Crippen LogP) is 6.56. The quantitative estimate of drug-likeness (QED) is 0.221. The van der Waals surface area contributed by atoms with E-state index in [4.69, 9.17) is 34.0 Å². The Morgan fingerprint density at radius 1 is 0.925 bits per heavy atom. The molecule has 0 saturated heterocycles. The second kappa shape index (κ2) is 11.7. The van der Waals surface area contributed by atoms with Gasteiger partial charge in [-0.25, -0.2) is 4.68 Å². The van der Waals surface area contributed by atoms with E-state index in [9.17, 15) is 9.59 Å². The first-order valence-electron chi connectivity index (χ1n) is 12.5. The maximum absolute atomic E-state index is 13.2. The van der Waals surface area contributed by atoms with E-state index in [-0.39, 0.29) is 12.3 Å². The molecule has 2 heterocycles. The molecule has 9 heteroatoms. The van der Waals surface area contributed by atoms with Gasteiger partial charge in [-0.05, 0) is 61.0 Å². The van der Waals surface area contributed by atoms with E-state index < -0.39 is 11.9 Å². The third-order valence-corrected chi connectivity index (χ3v) is 7.19. The van der Waals surface area contributed by atoms with Gasteiger partial charge in [0.25, 0.3) is 5.91 Å². The molecule has 5 rings (SSSR count). The third kappa shape index (κ3) is 6.06. The molecule has 0 aliphatic carbocycles. The zero-order chi connectivity index (χ0) is 28.2. The van der Waals surface area contributed by atoms with E-state index in [1.165, 1.54) is 0 Å². The first-order valence-corrected chi connectivity index (χ1v) is 13.3. The van der Waals surface area contributed by atoms with Crippen LogP contribution in [0.3, 0.4) is 0 Å². The maximum Gasteiger partial charge on any atom is 0.251 e. The summed E-state index contributed by atoms with van der Waals surface area (Å²) in [5.41, 5.74) is 11.7. The molecule has 200 valence electrons. The zero-order valence-electron chi connectivity index (χ0n) is 21.5. The van der Waals surface area contributed by atoms with Crippen molar-refractivity contribution in [3.8, 4) is 28.2 Å². The number of primary amides is 1. The van der Waals surface area contributed by atoms with Crippen molar-refractivity contribution in [2.45, 2.75) is 19.4 Å². The average Bonchev–Trinajstić information content (AvgIpc) is 3.40. The van der Waals surface area contributed by atoms with Crippen LogP contribution >= 0.6 is 23.2 Å². The van der Waals surface area contributed by atoms with E-state index in [0.29, 0.717) is 15.6 Å². The Labute approximate surface area is 241 Å². The van der Waals surface area contributed by atoms with Crippen molar-refractivity contribution >= 4 is 35.0 Å². The zero-order valence-corrected chi connectivity index (χ0v) is 23.0. The number of nitrogens with two attached hydrogens (primary N) is 1. The molecule has 3 N–H and O–H groups in total. The molecule has 0 radical (unpaired) electrons. The highest BCUT2D eigenvalue weighted by Gasteiger charge is 2.19. The summed E-state index contributed by atoms with van der Waals surface area (Å²) in [5, 5.41) is 8.61. The number of aromatic nitrogens is 3. The van der Waals surface area contributed by atoms with Crippen LogP contribution in [0.5, 0.6) is 0 Å². The number of amides is 2. The fourth-order valence-corrected chi connectivity index (χ4v) is 4.63. The summed E-state index contributed by atoms with van der Waals surface area (Å²) in [6.07, 6.45) is 3.44. The van der Waals surface area contributed by atoms with Crippen molar-refractivity contribution in [2.75, 3.05) is 0 Å². The smallest absolute Gasteiger partial charge is 0.251 e. The monoisotopic (exact) mass is 569 g/mol. The molecule has 0 aliphatic rings. The third-order valence-electron chi connectivity index (χ3n) is 6.45. The summed E-state index contributed by atoms with van der Waals surface area (Å²) < 4.78 is 1.78. The molecule has 0 saturated carbocycles. The molecular weight excluding hydrogens is 545 g/mol. The number of nitrogens with one attached hydrogen (secondary N) is 1. The van der Waals surface area contributed by atoms with Crippen molar-refractivity contribution in [3.63, 3.8) is 0 Å². The number of benzene rings is 3. The fourth-order valence-electron chi connectivity index (χ4n) is 4.34. The van der Waals surface area contributed by atoms with Crippen LogP contribution < -0.4 is 11.1 Å². The molecule has 7 nitrogen and oxygen atoms in total. The summed E-state index contributed by atoms with van der Waals surface area (Å²) >= 11 is 12.5. The Bertz CT molecular complexity index is 1670. The minimum atomic E-state index is -0.539. The van der Waals surface area contributed by atoms with E-state index >= 15 is 0 Å². The van der Waals surface area contributed by atoms with Crippen LogP contribution in [-0.4, -0.2) is 26.6 Å². The minimum absolute atomic E-state index is 0.00710. The first-order chi connectivity index (χ1) is 19.3. The Morgan fingerprint density at radius 3 is 2.33 bits per heavy atom. The molecule has 1 atom stereocenters. The number of halogens is 2. The van der Waals surface area contributed by atoms with E-state index in [2.05, 4.69) is 10.3 Å². The van der Waals surface area contributed by atoms with Gasteiger partial charge in [-0.15, -0.1) is 0 Å². The van der Waals surface area contributed by atoms with Crippen LogP contribution in [0.4, 0.5) is 0 Å². The summed E-state index contributed by atoms with van der Waals surface area (Å²) in [4.78, 5) is 29.1. The first kappa shape index (κ1) is 27.1. The number of carbonyl (C=O) groups is 2. The molecule has 0 aliphatic heterocycles. The summed E-state index contributed by atoms with van der Waals surface area (Å²) in [6.45, 7) is 1.97. The average molecular weight is 570 g/mol. The van der Waals surface area contributed by atoms with Crippen LogP contribution in [0.1, 0.15) is 33.9 Å². The van der Waals surface area contributed by atoms with Gasteiger partial charge in [0.1, 0.15) is 0 Å². The predicted molar refractivity (Wildman–Crippen MR) is 157 cm³/mol. The van der Waals surface area contributed by atoms with Crippen LogP contribution in [-0.2, 0) is 4.79 Å². The van der Waals surface area contributed by atoms with Crippen molar-refractivity contribution < 1.29 is 9.59 Å². The van der Waals surface area contributed by atoms with Gasteiger partial charge >= 0.3 is 0 Å². The molecule has 0 spiro atoms. The lowest BCUT2D eigenvalue weighted by Crippen LogP contribution is -2.31. The van der Waals surface area contributed by atoms with Crippen molar-refractivity contribution in [1.29, 1.82) is 0 Å². The topological polar surface area (TPSA) is 103 Å². The Kier molecular flexibility index (Phi) is 7.96. The molecule has 2 aromatic heterocycles. The number of aryl methyl sites for hydroxylation is 1. The molecule has 1 unspecified atom stereocenters. The molecule has 40 heavy (non-hydrogen) atoms. The van der Waals surface area contributed by atoms with Crippen LogP contribution in [0.25, 0.3) is 28.2 Å². The van der Waals surface area contributed by atoms with Crippen LogP contribution in [0, 0.1) is 6.92 Å². The highest BCUT2D eigenvalue weighted by atomic mass is 35.5. The summed E-state index contributed by atoms with van der Waals surface area (Å²) in [5.74, 6) is -0.811. The fraction of sp³-hybridized carbons (Fsp3) is 0.0968. The Balaban J connectivity index is 1.46. The van der Waals surface area contributed by atoms with Gasteiger partial charge in [0, 0.05) is 29.1 Å². The largest absolute Gasteiger partial charge is 0.370 e. The summed E-state index contributed by atoms with van der Waals surface area (Å²) in [6, 6.07) is 25.3. The van der Waals surface area contributed by atoms with Gasteiger partial charge in [-0.2, -0.15) is 5.10 Å². The molecule has 5 aromatic rings. The molecule has 2 amide bonds. The van der Waals surface area contributed by atoms with E-state index in [0.717, 1.165) is 39.3 Å². The lowest BCUT2D eigenvalue weighted by atomic mass is 10.0. The SMILES string of the molecule is Cc1ccc(C(CC(N)=O)NC(=O)c2ccc(-c3cc(-c4cccnc4)nn3-c3ccc(Cl)c(Cl)c3)cc2)cc1. The highest BCUT2D eigenvalue weighted by Crippen LogP contribution is 2.31. The van der Waals surface area contributed by atoms with Crippen molar-refractivity contribution in [2.24, 2.45) is 5.73 Å². The maximum atomic E-state index is 13.2. The van der Waals surface area contributed by atoms with Gasteiger partial charge in [0.05, 0.1) is 39.6 Å². The number of hydrogen-bond acceptors (Lipinski definition) is 4. The van der Waals surface area contributed by atoms with Gasteiger partial charge in [0.15, 0.2) is 0 Å². The van der Waals surface area contributed by atoms with Crippen molar-refractivity contribution in [3.05, 3.63) is 124 Å². The molecular formula is C31H25Cl2N5O2. The standard InChI is InChI=1S/C31H25Cl2N5O2/c1-19-4-6-20(7-5-19)27(17-30(34)39)36-31(40)22-10-8-21(9-11-22)29-16-28(23-3-2-14-35-18-23)37-38(29)24-12-13-25(32)26(33)15-24/h2-16,18,27H,17H2,1H3,(H2,34,39)(H,36,40). The van der Waals surface area contributed by atoms with Gasteiger partial charge in [-0.1, -0.05) is 65.2 Å². The number of rotatable bonds is 8. The minimum Gasteiger partial charge on any atom is -0.370 e. The summed E-state index contributed by atoms with van der Waals surface area (Å²) in [7, 11) is 0. The highest BCUT2D eigenvalue weighted by molar-refractivity contribution is 6.42. The lowest BCUT2D eigenvalue weighted by Gasteiger charge is -2.18. The van der Waals surface area contributed by atoms with Crippen molar-refractivity contribution in [1.82, 2.24) is 20.1 Å². The molecule has 0 bridgehead atoms. The van der Waals surface area contributed by atoms with E-state index in [1.807, 2.05) is 67.6 Å². The van der Waals surface area contributed by atoms with Crippen LogP contribution in [0.15, 0.2) is 97.3 Å². The lowest BCUT2D eigenvalue weighted by molar-refractivity contribution is -0.118. The molecule has 3 aromatic carbocycles. The number of hydrogen-bond donors (Lipinski definition) is 2.